The first-order chi connectivity index (χ1) is 9.48. The summed E-state index contributed by atoms with van der Waals surface area (Å²) in [5.41, 5.74) is 5.74. The zero-order valence-corrected chi connectivity index (χ0v) is 12.8. The molecule has 1 unspecified atom stereocenters. The predicted octanol–water partition coefficient (Wildman–Crippen LogP) is 0.532. The van der Waals surface area contributed by atoms with Gasteiger partial charge in [0.25, 0.3) is 0 Å². The van der Waals surface area contributed by atoms with Gasteiger partial charge in [0.1, 0.15) is 4.90 Å². The van der Waals surface area contributed by atoms with E-state index < -0.39 is 10.0 Å². The summed E-state index contributed by atoms with van der Waals surface area (Å²) in [6, 6.07) is 0. The molecule has 7 nitrogen and oxygen atoms in total. The Kier molecular flexibility index (Phi) is 4.66. The number of aromatic nitrogens is 2. The van der Waals surface area contributed by atoms with Crippen molar-refractivity contribution >= 4 is 15.8 Å². The molecule has 1 aliphatic rings. The van der Waals surface area contributed by atoms with Crippen molar-refractivity contribution in [1.82, 2.24) is 14.1 Å². The molecule has 0 bridgehead atoms. The van der Waals surface area contributed by atoms with Crippen LogP contribution in [0.1, 0.15) is 20.3 Å². The number of anilines is 1. The van der Waals surface area contributed by atoms with Crippen LogP contribution < -0.4 is 5.73 Å². The quantitative estimate of drug-likeness (QED) is 0.828. The number of ether oxygens (including phenoxy) is 1. The Morgan fingerprint density at radius 2 is 2.30 bits per heavy atom. The molecule has 0 spiro atoms. The lowest BCUT2D eigenvalue weighted by Gasteiger charge is -2.22. The van der Waals surface area contributed by atoms with E-state index in [0.717, 1.165) is 6.42 Å². The van der Waals surface area contributed by atoms with Crippen molar-refractivity contribution in [2.75, 3.05) is 32.0 Å². The van der Waals surface area contributed by atoms with Crippen LogP contribution in [0.3, 0.4) is 0 Å². The highest BCUT2D eigenvalue weighted by Crippen LogP contribution is 2.23. The van der Waals surface area contributed by atoms with E-state index in [2.05, 4.69) is 5.10 Å². The second-order valence-corrected chi connectivity index (χ2v) is 6.83. The van der Waals surface area contributed by atoms with Gasteiger partial charge >= 0.3 is 0 Å². The number of aryl methyl sites for hydroxylation is 1. The van der Waals surface area contributed by atoms with Crippen molar-refractivity contribution < 1.29 is 13.2 Å². The molecule has 0 amide bonds. The molecule has 2 heterocycles. The Labute approximate surface area is 119 Å². The van der Waals surface area contributed by atoms with Gasteiger partial charge in [0, 0.05) is 32.4 Å². The zero-order valence-electron chi connectivity index (χ0n) is 11.9. The Balaban J connectivity index is 2.23. The molecule has 1 fully saturated rings. The van der Waals surface area contributed by atoms with Crippen molar-refractivity contribution in [3.05, 3.63) is 6.20 Å². The predicted molar refractivity (Wildman–Crippen MR) is 75.7 cm³/mol. The maximum absolute atomic E-state index is 12.7. The van der Waals surface area contributed by atoms with Crippen LogP contribution in [-0.4, -0.2) is 48.8 Å². The second-order valence-electron chi connectivity index (χ2n) is 4.92. The zero-order chi connectivity index (χ0) is 14.8. The molecule has 0 aliphatic carbocycles. The molecule has 0 saturated carbocycles. The molecule has 1 atom stereocenters. The first kappa shape index (κ1) is 15.3. The van der Waals surface area contributed by atoms with E-state index in [1.54, 1.807) is 0 Å². The molecule has 0 radical (unpaired) electrons. The monoisotopic (exact) mass is 302 g/mol. The molecule has 1 saturated heterocycles. The van der Waals surface area contributed by atoms with Gasteiger partial charge in [-0.3, -0.25) is 4.68 Å². The summed E-state index contributed by atoms with van der Waals surface area (Å²) in [6.07, 6.45) is 2.40. The highest BCUT2D eigenvalue weighted by atomic mass is 32.2. The largest absolute Gasteiger partial charge is 0.381 e. The third-order valence-corrected chi connectivity index (χ3v) is 5.49. The first-order valence-corrected chi connectivity index (χ1v) is 8.33. The van der Waals surface area contributed by atoms with E-state index in [1.807, 2.05) is 13.8 Å². The third-order valence-electron chi connectivity index (χ3n) is 3.54. The highest BCUT2D eigenvalue weighted by molar-refractivity contribution is 7.89. The van der Waals surface area contributed by atoms with E-state index in [9.17, 15) is 8.42 Å². The Morgan fingerprint density at radius 3 is 2.80 bits per heavy atom. The summed E-state index contributed by atoms with van der Waals surface area (Å²) in [6.45, 7) is 6.51. The summed E-state index contributed by atoms with van der Waals surface area (Å²) in [5.74, 6) is 0.320. The van der Waals surface area contributed by atoms with Crippen LogP contribution in [0.25, 0.3) is 0 Å². The van der Waals surface area contributed by atoms with E-state index >= 15 is 0 Å². The van der Waals surface area contributed by atoms with Crippen LogP contribution in [0.2, 0.25) is 0 Å². The number of hydrogen-bond acceptors (Lipinski definition) is 5. The molecular formula is C12H22N4O3S. The minimum atomic E-state index is -3.59. The number of sulfonamides is 1. The topological polar surface area (TPSA) is 90.5 Å². The maximum Gasteiger partial charge on any atom is 0.248 e. The Bertz CT molecular complexity index is 549. The SMILES string of the molecule is CCN(CC1CCOC1)S(=O)(=O)c1cn(CC)nc1N. The van der Waals surface area contributed by atoms with Crippen LogP contribution in [0.4, 0.5) is 5.82 Å². The molecular weight excluding hydrogens is 280 g/mol. The number of nitrogens with zero attached hydrogens (tertiary/aromatic N) is 3. The minimum absolute atomic E-state index is 0.0629. The van der Waals surface area contributed by atoms with Gasteiger partial charge in [0.15, 0.2) is 5.82 Å². The maximum atomic E-state index is 12.7. The number of nitrogen functional groups attached to an aromatic ring is 1. The average Bonchev–Trinajstić information content (AvgIpc) is 3.04. The first-order valence-electron chi connectivity index (χ1n) is 6.89. The van der Waals surface area contributed by atoms with Crippen LogP contribution in [-0.2, 0) is 21.3 Å². The van der Waals surface area contributed by atoms with Crippen molar-refractivity contribution in [3.8, 4) is 0 Å². The Hall–Kier alpha value is -1.12. The number of hydrogen-bond donors (Lipinski definition) is 1. The van der Waals surface area contributed by atoms with Crippen LogP contribution >= 0.6 is 0 Å². The normalized spacial score (nSPS) is 19.9. The third kappa shape index (κ3) is 2.97. The van der Waals surface area contributed by atoms with Gasteiger partial charge in [-0.15, -0.1) is 0 Å². The van der Waals surface area contributed by atoms with Crippen molar-refractivity contribution in [3.63, 3.8) is 0 Å². The molecule has 1 aromatic heterocycles. The van der Waals surface area contributed by atoms with Gasteiger partial charge in [0.05, 0.1) is 6.61 Å². The summed E-state index contributed by atoms with van der Waals surface area (Å²) in [5, 5.41) is 4.01. The fraction of sp³-hybridized carbons (Fsp3) is 0.750. The standard InChI is InChI=1S/C12H22N4O3S/c1-3-15-8-11(12(13)14-15)20(17,18)16(4-2)7-10-5-6-19-9-10/h8,10H,3-7,9H2,1-2H3,(H2,13,14). The molecule has 1 aliphatic heterocycles. The van der Waals surface area contributed by atoms with E-state index in [1.165, 1.54) is 15.2 Å². The van der Waals surface area contributed by atoms with Crippen LogP contribution in [0.15, 0.2) is 11.1 Å². The molecule has 1 aromatic rings. The van der Waals surface area contributed by atoms with Crippen LogP contribution in [0, 0.1) is 5.92 Å². The van der Waals surface area contributed by atoms with Crippen molar-refractivity contribution in [2.45, 2.75) is 31.7 Å². The smallest absolute Gasteiger partial charge is 0.248 e. The average molecular weight is 302 g/mol. The molecule has 2 N–H and O–H groups in total. The second kappa shape index (κ2) is 6.11. The fourth-order valence-electron chi connectivity index (χ4n) is 2.33. The van der Waals surface area contributed by atoms with Crippen molar-refractivity contribution in [1.29, 1.82) is 0 Å². The molecule has 114 valence electrons. The molecule has 0 aromatic carbocycles. The van der Waals surface area contributed by atoms with Gasteiger partial charge in [-0.1, -0.05) is 6.92 Å². The van der Waals surface area contributed by atoms with E-state index in [0.29, 0.717) is 32.8 Å². The molecule has 2 rings (SSSR count). The summed E-state index contributed by atoms with van der Waals surface area (Å²) in [7, 11) is -3.59. The summed E-state index contributed by atoms with van der Waals surface area (Å²) < 4.78 is 33.6. The van der Waals surface area contributed by atoms with Gasteiger partial charge in [0.2, 0.25) is 10.0 Å². The lowest BCUT2D eigenvalue weighted by molar-refractivity contribution is 0.181. The number of rotatable bonds is 6. The summed E-state index contributed by atoms with van der Waals surface area (Å²) >= 11 is 0. The molecule has 8 heteroatoms. The lowest BCUT2D eigenvalue weighted by Crippen LogP contribution is -2.35. The van der Waals surface area contributed by atoms with Gasteiger partial charge in [-0.05, 0) is 19.3 Å². The van der Waals surface area contributed by atoms with Gasteiger partial charge in [-0.25, -0.2) is 8.42 Å². The highest BCUT2D eigenvalue weighted by Gasteiger charge is 2.30. The molecule has 20 heavy (non-hydrogen) atoms. The Morgan fingerprint density at radius 1 is 1.55 bits per heavy atom. The van der Waals surface area contributed by atoms with Gasteiger partial charge < -0.3 is 10.5 Å². The number of nitrogens with two attached hydrogens (primary N) is 1. The summed E-state index contributed by atoms with van der Waals surface area (Å²) in [4.78, 5) is 0.0973. The van der Waals surface area contributed by atoms with Crippen molar-refractivity contribution in [2.24, 2.45) is 5.92 Å². The van der Waals surface area contributed by atoms with Crippen LogP contribution in [0.5, 0.6) is 0 Å². The minimum Gasteiger partial charge on any atom is -0.381 e. The van der Waals surface area contributed by atoms with E-state index in [4.69, 9.17) is 10.5 Å². The fourth-order valence-corrected chi connectivity index (χ4v) is 3.92. The van der Waals surface area contributed by atoms with Gasteiger partial charge in [-0.2, -0.15) is 9.40 Å². The lowest BCUT2D eigenvalue weighted by atomic mass is 10.1. The van der Waals surface area contributed by atoms with E-state index in [-0.39, 0.29) is 16.6 Å².